The molecule has 2 N–H and O–H groups in total. The molecule has 0 saturated carbocycles. The molecule has 27 heavy (non-hydrogen) atoms. The molecule has 2 aromatic carbocycles. The third-order valence-corrected chi connectivity index (χ3v) is 4.35. The van der Waals surface area contributed by atoms with Crippen LogP contribution in [0.2, 0.25) is 0 Å². The fourth-order valence-corrected chi connectivity index (χ4v) is 3.06. The summed E-state index contributed by atoms with van der Waals surface area (Å²) >= 11 is 0. The smallest absolute Gasteiger partial charge is 0.161 e. The van der Waals surface area contributed by atoms with Crippen LogP contribution in [0.15, 0.2) is 71.3 Å². The fourth-order valence-electron chi connectivity index (χ4n) is 3.06. The van der Waals surface area contributed by atoms with Crippen molar-refractivity contribution in [2.24, 2.45) is 0 Å². The van der Waals surface area contributed by atoms with E-state index < -0.39 is 0 Å². The molecule has 0 amide bonds. The van der Waals surface area contributed by atoms with Crippen molar-refractivity contribution in [2.45, 2.75) is 0 Å². The molecule has 0 unspecified atom stereocenters. The highest BCUT2D eigenvalue weighted by molar-refractivity contribution is 5.88. The van der Waals surface area contributed by atoms with Gasteiger partial charge in [0.05, 0.1) is 31.7 Å². The first-order chi connectivity index (χ1) is 13.2. The van der Waals surface area contributed by atoms with E-state index in [4.69, 9.17) is 24.7 Å². The molecular weight excluding hydrogens is 342 g/mol. The highest BCUT2D eigenvalue weighted by Crippen LogP contribution is 2.40. The summed E-state index contributed by atoms with van der Waals surface area (Å²) in [6.07, 6.45) is 1.62. The lowest BCUT2D eigenvalue weighted by Crippen LogP contribution is -2.02. The van der Waals surface area contributed by atoms with E-state index in [9.17, 15) is 0 Å². The molecule has 2 heterocycles. The average Bonchev–Trinajstić information content (AvgIpc) is 3.36. The van der Waals surface area contributed by atoms with Crippen LogP contribution >= 0.6 is 0 Å². The first-order valence-corrected chi connectivity index (χ1v) is 8.43. The molecule has 0 spiro atoms. The topological polar surface area (TPSA) is 75.4 Å². The molecule has 0 fully saturated rings. The van der Waals surface area contributed by atoms with E-state index >= 15 is 0 Å². The average molecular weight is 361 g/mol. The molecule has 0 saturated heterocycles. The molecular formula is C21H19N3O3. The highest BCUT2D eigenvalue weighted by atomic mass is 16.5. The summed E-state index contributed by atoms with van der Waals surface area (Å²) in [5.41, 5.74) is 9.69. The van der Waals surface area contributed by atoms with Crippen molar-refractivity contribution in [1.29, 1.82) is 0 Å². The Morgan fingerprint density at radius 1 is 0.926 bits per heavy atom. The molecule has 0 bridgehead atoms. The van der Waals surface area contributed by atoms with Crippen molar-refractivity contribution in [3.8, 4) is 39.8 Å². The molecule has 0 aliphatic rings. The molecule has 0 aliphatic heterocycles. The Hall–Kier alpha value is -3.67. The SMILES string of the molecule is COc1ccc(-c2c(-c3ccco3)nn(-c3ccccc3)c2N)cc1OC. The van der Waals surface area contributed by atoms with Crippen LogP contribution in [0.25, 0.3) is 28.3 Å². The van der Waals surface area contributed by atoms with Gasteiger partial charge >= 0.3 is 0 Å². The number of rotatable bonds is 5. The molecule has 6 heteroatoms. The first kappa shape index (κ1) is 16.8. The number of methoxy groups -OCH3 is 2. The number of nitrogens with two attached hydrogens (primary N) is 1. The Balaban J connectivity index is 1.95. The fraction of sp³-hybridized carbons (Fsp3) is 0.0952. The lowest BCUT2D eigenvalue weighted by molar-refractivity contribution is 0.355. The van der Waals surface area contributed by atoms with Crippen LogP contribution in [0.1, 0.15) is 0 Å². The van der Waals surface area contributed by atoms with E-state index in [1.807, 2.05) is 60.7 Å². The van der Waals surface area contributed by atoms with E-state index in [1.165, 1.54) is 0 Å². The molecule has 2 aromatic heterocycles. The summed E-state index contributed by atoms with van der Waals surface area (Å²) in [4.78, 5) is 0. The van der Waals surface area contributed by atoms with Gasteiger partial charge in [-0.05, 0) is 42.0 Å². The Morgan fingerprint density at radius 3 is 2.37 bits per heavy atom. The van der Waals surface area contributed by atoms with Gasteiger partial charge in [0.2, 0.25) is 0 Å². The number of ether oxygens (including phenoxy) is 2. The summed E-state index contributed by atoms with van der Waals surface area (Å²) < 4.78 is 18.1. The normalized spacial score (nSPS) is 10.7. The molecule has 4 rings (SSSR count). The standard InChI is InChI=1S/C21H19N3O3/c1-25-16-11-10-14(13-18(16)26-2)19-20(17-9-6-12-27-17)23-24(21(19)22)15-7-4-3-5-8-15/h3-13H,22H2,1-2H3. The minimum Gasteiger partial charge on any atom is -0.493 e. The van der Waals surface area contributed by atoms with Crippen molar-refractivity contribution in [1.82, 2.24) is 9.78 Å². The summed E-state index contributed by atoms with van der Waals surface area (Å²) in [6, 6.07) is 19.1. The lowest BCUT2D eigenvalue weighted by atomic mass is 10.0. The number of nitrogens with zero attached hydrogens (tertiary/aromatic N) is 2. The van der Waals surface area contributed by atoms with Crippen LogP contribution in [0.3, 0.4) is 0 Å². The lowest BCUT2D eigenvalue weighted by Gasteiger charge is -2.10. The van der Waals surface area contributed by atoms with Crippen LogP contribution in [0.4, 0.5) is 5.82 Å². The minimum atomic E-state index is 0.514. The zero-order valence-electron chi connectivity index (χ0n) is 15.0. The summed E-state index contributed by atoms with van der Waals surface area (Å²) in [6.45, 7) is 0. The van der Waals surface area contributed by atoms with Gasteiger partial charge in [0, 0.05) is 0 Å². The molecule has 0 atom stereocenters. The Kier molecular flexibility index (Phi) is 4.30. The molecule has 0 aliphatic carbocycles. The van der Waals surface area contributed by atoms with Gasteiger partial charge in [0.25, 0.3) is 0 Å². The van der Waals surface area contributed by atoms with Crippen LogP contribution in [-0.2, 0) is 0 Å². The number of anilines is 1. The number of aromatic nitrogens is 2. The van der Waals surface area contributed by atoms with Crippen LogP contribution < -0.4 is 15.2 Å². The molecule has 4 aromatic rings. The summed E-state index contributed by atoms with van der Waals surface area (Å²) in [5, 5.41) is 4.72. The van der Waals surface area contributed by atoms with Gasteiger partial charge in [-0.3, -0.25) is 0 Å². The monoisotopic (exact) mass is 361 g/mol. The molecule has 136 valence electrons. The van der Waals surface area contributed by atoms with Crippen molar-refractivity contribution < 1.29 is 13.9 Å². The van der Waals surface area contributed by atoms with Gasteiger partial charge in [-0.25, -0.2) is 4.68 Å². The quantitative estimate of drug-likeness (QED) is 0.570. The van der Waals surface area contributed by atoms with Crippen LogP contribution in [0, 0.1) is 0 Å². The minimum absolute atomic E-state index is 0.514. The van der Waals surface area contributed by atoms with Gasteiger partial charge in [-0.2, -0.15) is 5.10 Å². The third kappa shape index (κ3) is 2.91. The summed E-state index contributed by atoms with van der Waals surface area (Å²) in [7, 11) is 3.21. The van der Waals surface area contributed by atoms with Gasteiger partial charge in [-0.15, -0.1) is 0 Å². The van der Waals surface area contributed by atoms with E-state index in [0.717, 1.165) is 16.8 Å². The number of hydrogen-bond donors (Lipinski definition) is 1. The number of furan rings is 1. The van der Waals surface area contributed by atoms with Crippen LogP contribution in [0.5, 0.6) is 11.5 Å². The highest BCUT2D eigenvalue weighted by Gasteiger charge is 2.22. The van der Waals surface area contributed by atoms with E-state index in [0.29, 0.717) is 28.8 Å². The van der Waals surface area contributed by atoms with E-state index in [-0.39, 0.29) is 0 Å². The van der Waals surface area contributed by atoms with Gasteiger partial charge < -0.3 is 19.6 Å². The Morgan fingerprint density at radius 2 is 1.70 bits per heavy atom. The second kappa shape index (κ2) is 6.92. The largest absolute Gasteiger partial charge is 0.493 e. The Bertz CT molecular complexity index is 1050. The van der Waals surface area contributed by atoms with Gasteiger partial charge in [0.15, 0.2) is 17.3 Å². The summed E-state index contributed by atoms with van der Waals surface area (Å²) in [5.74, 6) is 2.42. The maximum Gasteiger partial charge on any atom is 0.161 e. The first-order valence-electron chi connectivity index (χ1n) is 8.43. The Labute approximate surface area is 156 Å². The van der Waals surface area contributed by atoms with Gasteiger partial charge in [0.1, 0.15) is 11.5 Å². The number of benzene rings is 2. The maximum atomic E-state index is 6.52. The van der Waals surface area contributed by atoms with Crippen LogP contribution in [-0.4, -0.2) is 24.0 Å². The van der Waals surface area contributed by atoms with Crippen molar-refractivity contribution in [3.05, 3.63) is 66.9 Å². The van der Waals surface area contributed by atoms with Crippen molar-refractivity contribution in [2.75, 3.05) is 20.0 Å². The van der Waals surface area contributed by atoms with Gasteiger partial charge in [-0.1, -0.05) is 24.3 Å². The van der Waals surface area contributed by atoms with Crippen molar-refractivity contribution in [3.63, 3.8) is 0 Å². The number of para-hydroxylation sites is 1. The molecule has 0 radical (unpaired) electrons. The predicted molar refractivity (Wildman–Crippen MR) is 104 cm³/mol. The zero-order valence-corrected chi connectivity index (χ0v) is 15.0. The number of hydrogen-bond acceptors (Lipinski definition) is 5. The molecule has 6 nitrogen and oxygen atoms in total. The third-order valence-electron chi connectivity index (χ3n) is 4.35. The second-order valence-electron chi connectivity index (χ2n) is 5.90. The maximum absolute atomic E-state index is 6.52. The zero-order chi connectivity index (χ0) is 18.8. The predicted octanol–water partition coefficient (Wildman–Crippen LogP) is 4.40. The van der Waals surface area contributed by atoms with Crippen molar-refractivity contribution >= 4 is 5.82 Å². The van der Waals surface area contributed by atoms with E-state index in [1.54, 1.807) is 25.2 Å². The van der Waals surface area contributed by atoms with E-state index in [2.05, 4.69) is 0 Å². The number of nitrogen functional groups attached to an aromatic ring is 1. The second-order valence-corrected chi connectivity index (χ2v) is 5.90.